The average molecular weight is 364 g/mol. The van der Waals surface area contributed by atoms with E-state index < -0.39 is 0 Å². The lowest BCUT2D eigenvalue weighted by Gasteiger charge is -2.19. The third kappa shape index (κ3) is 5.17. The smallest absolute Gasteiger partial charge is 0.258 e. The van der Waals surface area contributed by atoms with Crippen molar-refractivity contribution in [3.63, 3.8) is 0 Å². The number of carbonyl (C=O) groups excluding carboxylic acids is 1. The van der Waals surface area contributed by atoms with E-state index in [0.29, 0.717) is 12.3 Å². The molecule has 6 heteroatoms. The molecule has 0 saturated heterocycles. The van der Waals surface area contributed by atoms with Crippen LogP contribution in [0.2, 0.25) is 0 Å². The van der Waals surface area contributed by atoms with Gasteiger partial charge < -0.3 is 10.1 Å². The standard InChI is InChI=1S/C21H24N4O2/c1-21(2,3)17-5-7-18(8-6-17)27-14-20(26)24-13-16-4-9-19(23-12-16)25-11-10-22-15-25/h4-12,15H,13-14H2,1-3H3,(H,24,26). The number of ether oxygens (including phenoxy) is 1. The molecule has 140 valence electrons. The number of hydrogen-bond acceptors (Lipinski definition) is 4. The molecule has 0 saturated carbocycles. The molecule has 3 rings (SSSR count). The first-order chi connectivity index (χ1) is 12.9. The van der Waals surface area contributed by atoms with Crippen molar-refractivity contribution in [2.45, 2.75) is 32.7 Å². The molecule has 1 aromatic carbocycles. The highest BCUT2D eigenvalue weighted by molar-refractivity contribution is 5.77. The molecular weight excluding hydrogens is 340 g/mol. The molecule has 0 aliphatic carbocycles. The van der Waals surface area contributed by atoms with Gasteiger partial charge in [0.25, 0.3) is 5.91 Å². The minimum absolute atomic E-state index is 0.0184. The molecule has 27 heavy (non-hydrogen) atoms. The maximum atomic E-state index is 12.0. The van der Waals surface area contributed by atoms with Crippen molar-refractivity contribution in [2.24, 2.45) is 0 Å². The van der Waals surface area contributed by atoms with Crippen LogP contribution in [0.25, 0.3) is 5.82 Å². The highest BCUT2D eigenvalue weighted by atomic mass is 16.5. The van der Waals surface area contributed by atoms with E-state index >= 15 is 0 Å². The van der Waals surface area contributed by atoms with Gasteiger partial charge in [0.1, 0.15) is 17.9 Å². The maximum Gasteiger partial charge on any atom is 0.258 e. The Balaban J connectivity index is 1.46. The summed E-state index contributed by atoms with van der Waals surface area (Å²) in [5, 5.41) is 2.84. The van der Waals surface area contributed by atoms with Crippen molar-refractivity contribution < 1.29 is 9.53 Å². The molecule has 1 amide bonds. The summed E-state index contributed by atoms with van der Waals surface area (Å²) in [5.41, 5.74) is 2.24. The van der Waals surface area contributed by atoms with Gasteiger partial charge in [-0.15, -0.1) is 0 Å². The van der Waals surface area contributed by atoms with Crippen LogP contribution in [0, 0.1) is 0 Å². The van der Waals surface area contributed by atoms with Gasteiger partial charge in [-0.1, -0.05) is 39.0 Å². The number of imidazole rings is 1. The molecular formula is C21H24N4O2. The molecule has 0 unspecified atom stereocenters. The molecule has 0 fully saturated rings. The predicted molar refractivity (Wildman–Crippen MR) is 104 cm³/mol. The molecule has 2 aromatic heterocycles. The molecule has 0 aliphatic rings. The van der Waals surface area contributed by atoms with Gasteiger partial charge in [-0.05, 0) is 34.7 Å². The van der Waals surface area contributed by atoms with Crippen molar-refractivity contribution in [1.29, 1.82) is 0 Å². The average Bonchev–Trinajstić information content (AvgIpc) is 3.19. The zero-order chi connectivity index (χ0) is 19.3. The van der Waals surface area contributed by atoms with Gasteiger partial charge in [-0.25, -0.2) is 9.97 Å². The van der Waals surface area contributed by atoms with Gasteiger partial charge >= 0.3 is 0 Å². The monoisotopic (exact) mass is 364 g/mol. The Labute approximate surface area is 159 Å². The molecule has 6 nitrogen and oxygen atoms in total. The van der Waals surface area contributed by atoms with Crippen molar-refractivity contribution in [2.75, 3.05) is 6.61 Å². The SMILES string of the molecule is CC(C)(C)c1ccc(OCC(=O)NCc2ccc(-n3ccnc3)nc2)cc1. The van der Waals surface area contributed by atoms with Crippen molar-refractivity contribution >= 4 is 5.91 Å². The van der Waals surface area contributed by atoms with Gasteiger partial charge in [-0.3, -0.25) is 9.36 Å². The van der Waals surface area contributed by atoms with Crippen LogP contribution in [0.5, 0.6) is 5.75 Å². The minimum atomic E-state index is -0.173. The van der Waals surface area contributed by atoms with Crippen LogP contribution >= 0.6 is 0 Å². The number of nitrogens with one attached hydrogen (secondary N) is 1. The van der Waals surface area contributed by atoms with E-state index in [9.17, 15) is 4.79 Å². The fourth-order valence-corrected chi connectivity index (χ4v) is 2.52. The predicted octanol–water partition coefficient (Wildman–Crippen LogP) is 3.26. The van der Waals surface area contributed by atoms with Gasteiger partial charge in [0.05, 0.1) is 0 Å². The highest BCUT2D eigenvalue weighted by Gasteiger charge is 2.13. The van der Waals surface area contributed by atoms with Gasteiger partial charge in [0.2, 0.25) is 0 Å². The second kappa shape index (κ2) is 8.03. The van der Waals surface area contributed by atoms with E-state index in [2.05, 4.69) is 36.1 Å². The molecule has 1 N–H and O–H groups in total. The molecule has 3 aromatic rings. The summed E-state index contributed by atoms with van der Waals surface area (Å²) in [6, 6.07) is 11.7. The zero-order valence-electron chi connectivity index (χ0n) is 15.8. The van der Waals surface area contributed by atoms with Crippen LogP contribution in [0.1, 0.15) is 31.9 Å². The van der Waals surface area contributed by atoms with Crippen LogP contribution in [0.15, 0.2) is 61.3 Å². The first-order valence-electron chi connectivity index (χ1n) is 8.85. The number of benzene rings is 1. The van der Waals surface area contributed by atoms with E-state index in [4.69, 9.17) is 4.74 Å². The zero-order valence-corrected chi connectivity index (χ0v) is 15.8. The van der Waals surface area contributed by atoms with E-state index in [1.54, 1.807) is 18.7 Å². The van der Waals surface area contributed by atoms with Crippen LogP contribution in [-0.2, 0) is 16.8 Å². The van der Waals surface area contributed by atoms with Crippen molar-refractivity contribution in [3.05, 3.63) is 72.4 Å². The van der Waals surface area contributed by atoms with Crippen molar-refractivity contribution in [3.8, 4) is 11.6 Å². The lowest BCUT2D eigenvalue weighted by Crippen LogP contribution is -2.28. The summed E-state index contributed by atoms with van der Waals surface area (Å²) in [5.74, 6) is 1.29. The van der Waals surface area contributed by atoms with Crippen LogP contribution < -0.4 is 10.1 Å². The second-order valence-corrected chi connectivity index (χ2v) is 7.33. The molecule has 0 spiro atoms. The maximum absolute atomic E-state index is 12.0. The third-order valence-corrected chi connectivity index (χ3v) is 4.16. The molecule has 0 bridgehead atoms. The van der Waals surface area contributed by atoms with E-state index in [0.717, 1.165) is 11.4 Å². The summed E-state index contributed by atoms with van der Waals surface area (Å²) in [6.07, 6.45) is 6.96. The van der Waals surface area contributed by atoms with Gasteiger partial charge in [-0.2, -0.15) is 0 Å². The molecule has 0 atom stereocenters. The number of hydrogen-bond donors (Lipinski definition) is 1. The molecule has 0 radical (unpaired) electrons. The van der Waals surface area contributed by atoms with E-state index in [1.807, 2.05) is 47.2 Å². The van der Waals surface area contributed by atoms with Crippen LogP contribution in [0.4, 0.5) is 0 Å². The Morgan fingerprint density at radius 3 is 2.52 bits per heavy atom. The number of carbonyl (C=O) groups is 1. The first kappa shape index (κ1) is 18.6. The number of rotatable bonds is 6. The van der Waals surface area contributed by atoms with Crippen LogP contribution in [0.3, 0.4) is 0 Å². The van der Waals surface area contributed by atoms with Gasteiger partial charge in [0, 0.05) is 25.1 Å². The lowest BCUT2D eigenvalue weighted by atomic mass is 9.87. The number of nitrogens with zero attached hydrogens (tertiary/aromatic N) is 3. The quantitative estimate of drug-likeness (QED) is 0.729. The third-order valence-electron chi connectivity index (χ3n) is 4.16. The first-order valence-corrected chi connectivity index (χ1v) is 8.85. The van der Waals surface area contributed by atoms with Gasteiger partial charge in [0.15, 0.2) is 6.61 Å². The normalized spacial score (nSPS) is 11.2. The fourth-order valence-electron chi connectivity index (χ4n) is 2.52. The number of pyridine rings is 1. The summed E-state index contributed by atoms with van der Waals surface area (Å²) < 4.78 is 7.37. The van der Waals surface area contributed by atoms with Crippen molar-refractivity contribution in [1.82, 2.24) is 19.9 Å². The lowest BCUT2D eigenvalue weighted by molar-refractivity contribution is -0.123. The Hall–Kier alpha value is -3.15. The Kier molecular flexibility index (Phi) is 5.54. The molecule has 0 aliphatic heterocycles. The number of aromatic nitrogens is 3. The largest absolute Gasteiger partial charge is 0.484 e. The summed E-state index contributed by atoms with van der Waals surface area (Å²) in [7, 11) is 0. The fraction of sp³-hybridized carbons (Fsp3) is 0.286. The van der Waals surface area contributed by atoms with E-state index in [1.165, 1.54) is 5.56 Å². The Bertz CT molecular complexity index is 864. The summed E-state index contributed by atoms with van der Waals surface area (Å²) >= 11 is 0. The summed E-state index contributed by atoms with van der Waals surface area (Å²) in [4.78, 5) is 20.4. The summed E-state index contributed by atoms with van der Waals surface area (Å²) in [6.45, 7) is 6.87. The van der Waals surface area contributed by atoms with E-state index in [-0.39, 0.29) is 17.9 Å². The Morgan fingerprint density at radius 2 is 1.93 bits per heavy atom. The van der Waals surface area contributed by atoms with Crippen LogP contribution in [-0.4, -0.2) is 27.0 Å². The number of amides is 1. The second-order valence-electron chi connectivity index (χ2n) is 7.33. The Morgan fingerprint density at radius 1 is 1.15 bits per heavy atom. The highest BCUT2D eigenvalue weighted by Crippen LogP contribution is 2.24. The minimum Gasteiger partial charge on any atom is -0.484 e. The molecule has 2 heterocycles. The topological polar surface area (TPSA) is 69.0 Å².